The number of carboxylic acid groups (broad SMARTS) is 1. The number of hydrogen-bond donors (Lipinski definition) is 2. The summed E-state index contributed by atoms with van der Waals surface area (Å²) in [6.45, 7) is 0.531. The number of carbonyl (C=O) groups excluding carboxylic acids is 2. The van der Waals surface area contributed by atoms with Crippen LogP contribution in [-0.4, -0.2) is 75.1 Å². The van der Waals surface area contributed by atoms with Gasteiger partial charge in [-0.25, -0.2) is 8.42 Å². The second-order valence-electron chi connectivity index (χ2n) is 7.99. The minimum Gasteiger partial charge on any atom is -0.481 e. The second-order valence-corrected chi connectivity index (χ2v) is 9.88. The maximum Gasteiger partial charge on any atom is 0.323 e. The molecule has 1 aliphatic heterocycles. The van der Waals surface area contributed by atoms with Gasteiger partial charge in [0.25, 0.3) is 0 Å². The molecule has 2 N–H and O–H groups in total. The number of carbonyl (C=O) groups is 3. The van der Waals surface area contributed by atoms with Gasteiger partial charge in [0.05, 0.1) is 18.0 Å². The van der Waals surface area contributed by atoms with Gasteiger partial charge < -0.3 is 24.8 Å². The van der Waals surface area contributed by atoms with Gasteiger partial charge in [0.1, 0.15) is 25.0 Å². The summed E-state index contributed by atoms with van der Waals surface area (Å²) in [5.74, 6) is 3.46. The maximum atomic E-state index is 13.6. The molecule has 0 saturated carbocycles. The number of nitrogens with one attached hydrogen (secondary N) is 1. The Morgan fingerprint density at radius 1 is 1.08 bits per heavy atom. The van der Waals surface area contributed by atoms with Crippen molar-refractivity contribution in [2.45, 2.75) is 24.4 Å². The van der Waals surface area contributed by atoms with E-state index in [1.165, 1.54) is 43.2 Å². The summed E-state index contributed by atoms with van der Waals surface area (Å²) in [7, 11) is -2.78. The molecular formula is C25H27N3O8S. The Kier molecular flexibility index (Phi) is 9.24. The van der Waals surface area contributed by atoms with Gasteiger partial charge in [0.2, 0.25) is 21.8 Å². The third-order valence-corrected chi connectivity index (χ3v) is 7.34. The number of sulfonamides is 1. The Morgan fingerprint density at radius 2 is 1.76 bits per heavy atom. The molecule has 2 amide bonds. The standard InChI is InChI=1S/C25H27N3O8S/c1-18(29)26-15-24(30)27-17-23(25(31)32)28(16-19-7-3-4-8-22(19)27)37(33,34)21-11-9-20(10-12-21)36-14-6-5-13-35-2/h3-4,7-12,23H,13-17H2,1-2H3,(H,26,29)(H,31,32). The average Bonchev–Trinajstić information content (AvgIpc) is 3.05. The summed E-state index contributed by atoms with van der Waals surface area (Å²) in [6, 6.07) is 10.5. The lowest BCUT2D eigenvalue weighted by Crippen LogP contribution is -2.51. The smallest absolute Gasteiger partial charge is 0.323 e. The molecule has 3 rings (SSSR count). The fourth-order valence-electron chi connectivity index (χ4n) is 3.67. The molecule has 0 aromatic heterocycles. The van der Waals surface area contributed by atoms with E-state index >= 15 is 0 Å². The molecule has 196 valence electrons. The molecular weight excluding hydrogens is 502 g/mol. The number of aliphatic carboxylic acids is 1. The van der Waals surface area contributed by atoms with Crippen molar-refractivity contribution in [1.82, 2.24) is 9.62 Å². The zero-order chi connectivity index (χ0) is 27.0. The van der Waals surface area contributed by atoms with Crippen LogP contribution in [-0.2, 0) is 35.7 Å². The van der Waals surface area contributed by atoms with Gasteiger partial charge in [-0.05, 0) is 35.9 Å². The highest BCUT2D eigenvalue weighted by Gasteiger charge is 2.41. The topological polar surface area (TPSA) is 143 Å². The molecule has 0 radical (unpaired) electrons. The predicted molar refractivity (Wildman–Crippen MR) is 133 cm³/mol. The summed E-state index contributed by atoms with van der Waals surface area (Å²) in [4.78, 5) is 37.5. The second kappa shape index (κ2) is 12.4. The SMILES string of the molecule is COCC#CCOc1ccc(S(=O)(=O)N2Cc3ccccc3N(C(=O)CNC(C)=O)CC2C(=O)O)cc1. The Labute approximate surface area is 215 Å². The molecule has 1 aliphatic rings. The quantitative estimate of drug-likeness (QED) is 0.479. The third-order valence-electron chi connectivity index (χ3n) is 5.47. The highest BCUT2D eigenvalue weighted by atomic mass is 32.2. The molecule has 12 heteroatoms. The Morgan fingerprint density at radius 3 is 2.41 bits per heavy atom. The molecule has 37 heavy (non-hydrogen) atoms. The monoisotopic (exact) mass is 529 g/mol. The van der Waals surface area contributed by atoms with Gasteiger partial charge in [-0.15, -0.1) is 0 Å². The lowest BCUT2D eigenvalue weighted by molar-refractivity contribution is -0.141. The number of nitrogens with zero attached hydrogens (tertiary/aromatic N) is 2. The number of amides is 2. The summed E-state index contributed by atoms with van der Waals surface area (Å²) < 4.78 is 38.4. The van der Waals surface area contributed by atoms with E-state index in [0.717, 1.165) is 4.31 Å². The minimum atomic E-state index is -4.30. The fourth-order valence-corrected chi connectivity index (χ4v) is 5.22. The highest BCUT2D eigenvalue weighted by molar-refractivity contribution is 7.89. The number of methoxy groups -OCH3 is 1. The molecule has 11 nitrogen and oxygen atoms in total. The summed E-state index contributed by atoms with van der Waals surface area (Å²) >= 11 is 0. The van der Waals surface area contributed by atoms with Crippen molar-refractivity contribution in [3.05, 3.63) is 54.1 Å². The number of carboxylic acids is 1. The van der Waals surface area contributed by atoms with E-state index in [2.05, 4.69) is 17.2 Å². The number of anilines is 1. The van der Waals surface area contributed by atoms with Crippen molar-refractivity contribution in [3.8, 4) is 17.6 Å². The van der Waals surface area contributed by atoms with E-state index in [1.807, 2.05) is 0 Å². The van der Waals surface area contributed by atoms with Gasteiger partial charge in [0.15, 0.2) is 0 Å². The number of hydrogen-bond acceptors (Lipinski definition) is 7. The maximum absolute atomic E-state index is 13.6. The third kappa shape index (κ3) is 6.85. The summed E-state index contributed by atoms with van der Waals surface area (Å²) in [5, 5.41) is 12.4. The Balaban J connectivity index is 1.91. The molecule has 2 aromatic carbocycles. The van der Waals surface area contributed by atoms with E-state index in [0.29, 0.717) is 17.0 Å². The van der Waals surface area contributed by atoms with Crippen LogP contribution in [0.4, 0.5) is 5.69 Å². The minimum absolute atomic E-state index is 0.0851. The van der Waals surface area contributed by atoms with Crippen LogP contribution in [0.25, 0.3) is 0 Å². The summed E-state index contributed by atoms with van der Waals surface area (Å²) in [5.41, 5.74) is 0.820. The number of rotatable bonds is 8. The largest absolute Gasteiger partial charge is 0.481 e. The molecule has 0 spiro atoms. The van der Waals surface area contributed by atoms with Crippen molar-refractivity contribution in [2.75, 3.05) is 38.3 Å². The van der Waals surface area contributed by atoms with Crippen LogP contribution in [0, 0.1) is 11.8 Å². The van der Waals surface area contributed by atoms with Crippen LogP contribution in [0.5, 0.6) is 5.75 Å². The van der Waals surface area contributed by atoms with E-state index in [-0.39, 0.29) is 31.2 Å². The molecule has 0 fully saturated rings. The number of ether oxygens (including phenoxy) is 2. The first-order valence-corrected chi connectivity index (χ1v) is 12.6. The Bertz CT molecular complexity index is 1320. The molecule has 2 aromatic rings. The predicted octanol–water partition coefficient (Wildman–Crippen LogP) is 0.842. The highest BCUT2D eigenvalue weighted by Crippen LogP contribution is 2.31. The molecule has 0 aliphatic carbocycles. The molecule has 0 bridgehead atoms. The van der Waals surface area contributed by atoms with Crippen molar-refractivity contribution in [2.24, 2.45) is 0 Å². The average molecular weight is 530 g/mol. The van der Waals surface area contributed by atoms with Crippen LogP contribution in [0.1, 0.15) is 12.5 Å². The normalized spacial score (nSPS) is 15.5. The lowest BCUT2D eigenvalue weighted by Gasteiger charge is -2.28. The van der Waals surface area contributed by atoms with Crippen molar-refractivity contribution in [3.63, 3.8) is 0 Å². The van der Waals surface area contributed by atoms with Gasteiger partial charge >= 0.3 is 5.97 Å². The fraction of sp³-hybridized carbons (Fsp3) is 0.320. The van der Waals surface area contributed by atoms with Crippen LogP contribution in [0.3, 0.4) is 0 Å². The van der Waals surface area contributed by atoms with E-state index < -0.39 is 40.4 Å². The van der Waals surface area contributed by atoms with Crippen molar-refractivity contribution < 1.29 is 37.4 Å². The number of fused-ring (bicyclic) bond motifs is 1. The number of benzene rings is 2. The van der Waals surface area contributed by atoms with Crippen LogP contribution >= 0.6 is 0 Å². The van der Waals surface area contributed by atoms with E-state index in [9.17, 15) is 27.9 Å². The first-order valence-electron chi connectivity index (χ1n) is 11.2. The first kappa shape index (κ1) is 27.7. The lowest BCUT2D eigenvalue weighted by atomic mass is 10.1. The van der Waals surface area contributed by atoms with E-state index in [4.69, 9.17) is 9.47 Å². The van der Waals surface area contributed by atoms with Crippen LogP contribution in [0.2, 0.25) is 0 Å². The molecule has 1 unspecified atom stereocenters. The van der Waals surface area contributed by atoms with Gasteiger partial charge in [-0.3, -0.25) is 14.4 Å². The van der Waals surface area contributed by atoms with Gasteiger partial charge in [0, 0.05) is 26.3 Å². The Hall–Kier alpha value is -3.92. The van der Waals surface area contributed by atoms with Gasteiger partial charge in [-0.2, -0.15) is 4.31 Å². The van der Waals surface area contributed by atoms with Gasteiger partial charge in [-0.1, -0.05) is 30.0 Å². The van der Waals surface area contributed by atoms with E-state index in [1.54, 1.807) is 24.3 Å². The zero-order valence-corrected chi connectivity index (χ0v) is 21.2. The molecule has 0 saturated heterocycles. The van der Waals surface area contributed by atoms with Crippen LogP contribution in [0.15, 0.2) is 53.4 Å². The van der Waals surface area contributed by atoms with Crippen molar-refractivity contribution in [1.29, 1.82) is 0 Å². The summed E-state index contributed by atoms with van der Waals surface area (Å²) in [6.07, 6.45) is 0. The molecule has 1 heterocycles. The molecule has 1 atom stereocenters. The van der Waals surface area contributed by atoms with Crippen molar-refractivity contribution >= 4 is 33.5 Å². The first-order chi connectivity index (χ1) is 17.6. The van der Waals surface area contributed by atoms with Crippen LogP contribution < -0.4 is 15.0 Å². The number of para-hydroxylation sites is 1. The zero-order valence-electron chi connectivity index (χ0n) is 20.3.